The van der Waals surface area contributed by atoms with E-state index in [0.717, 1.165) is 10.6 Å². The molecule has 0 unspecified atom stereocenters. The number of thiophene rings is 1. The number of hydrogen-bond donors (Lipinski definition) is 0. The summed E-state index contributed by atoms with van der Waals surface area (Å²) >= 11 is 13.4. The first kappa shape index (κ1) is 17.0. The predicted octanol–water partition coefficient (Wildman–Crippen LogP) is 5.04. The first-order chi connectivity index (χ1) is 12.5. The number of halogens is 2. The maximum atomic E-state index is 13.3. The third kappa shape index (κ3) is 2.96. The Morgan fingerprint density at radius 1 is 1.15 bits per heavy atom. The smallest absolute Gasteiger partial charge is 0.277 e. The number of hydrogen-bond acceptors (Lipinski definition) is 4. The van der Waals surface area contributed by atoms with Gasteiger partial charge in [-0.1, -0.05) is 23.2 Å². The molecule has 0 saturated heterocycles. The fraction of sp³-hybridized carbons (Fsp3) is 0.0556. The van der Waals surface area contributed by atoms with Crippen LogP contribution in [0, 0.1) is 0 Å². The van der Waals surface area contributed by atoms with Gasteiger partial charge in [0, 0.05) is 30.2 Å². The van der Waals surface area contributed by atoms with Crippen LogP contribution < -0.4 is 4.90 Å². The number of amides is 1. The minimum atomic E-state index is -0.202. The maximum Gasteiger partial charge on any atom is 0.277 e. The van der Waals surface area contributed by atoms with E-state index in [0.29, 0.717) is 26.5 Å². The first-order valence-electron chi connectivity index (χ1n) is 7.67. The molecule has 130 valence electrons. The summed E-state index contributed by atoms with van der Waals surface area (Å²) in [6.07, 6.45) is 3.42. The van der Waals surface area contributed by atoms with E-state index in [1.54, 1.807) is 65.1 Å². The van der Waals surface area contributed by atoms with E-state index in [2.05, 4.69) is 9.97 Å². The lowest BCUT2D eigenvalue weighted by molar-refractivity contribution is 0.0988. The number of aromatic nitrogens is 3. The Labute approximate surface area is 163 Å². The topological polar surface area (TPSA) is 50.5 Å². The summed E-state index contributed by atoms with van der Waals surface area (Å²) in [6, 6.07) is 12.5. The lowest BCUT2D eigenvalue weighted by atomic mass is 10.2. The second-order valence-corrected chi connectivity index (χ2v) is 7.69. The van der Waals surface area contributed by atoms with Gasteiger partial charge >= 0.3 is 0 Å². The second kappa shape index (κ2) is 6.72. The molecule has 0 spiro atoms. The van der Waals surface area contributed by atoms with Gasteiger partial charge in [0.05, 0.1) is 9.21 Å². The minimum Gasteiger partial charge on any atom is -0.310 e. The van der Waals surface area contributed by atoms with Gasteiger partial charge in [0.25, 0.3) is 5.91 Å². The Balaban J connectivity index is 1.86. The van der Waals surface area contributed by atoms with Gasteiger partial charge in [0.2, 0.25) is 5.78 Å². The SMILES string of the molecule is CN(C(=O)c1c(-c2ccc(Cl)s2)nc2ncccn12)c1ccc(Cl)cc1. The van der Waals surface area contributed by atoms with E-state index < -0.39 is 0 Å². The summed E-state index contributed by atoms with van der Waals surface area (Å²) in [4.78, 5) is 24.5. The first-order valence-corrected chi connectivity index (χ1v) is 9.24. The van der Waals surface area contributed by atoms with Gasteiger partial charge in [-0.3, -0.25) is 9.20 Å². The third-order valence-corrected chi connectivity index (χ3v) is 5.42. The molecule has 4 rings (SSSR count). The number of carbonyl (C=O) groups is 1. The van der Waals surface area contributed by atoms with Crippen LogP contribution in [0.15, 0.2) is 54.9 Å². The molecule has 0 aliphatic rings. The largest absolute Gasteiger partial charge is 0.310 e. The normalized spacial score (nSPS) is 11.0. The fourth-order valence-corrected chi connectivity index (χ4v) is 3.81. The van der Waals surface area contributed by atoms with Crippen molar-refractivity contribution in [2.75, 3.05) is 11.9 Å². The van der Waals surface area contributed by atoms with Gasteiger partial charge in [-0.2, -0.15) is 0 Å². The summed E-state index contributed by atoms with van der Waals surface area (Å²) in [5, 5.41) is 0.613. The number of benzene rings is 1. The quantitative estimate of drug-likeness (QED) is 0.482. The van der Waals surface area contributed by atoms with Crippen LogP contribution in [0.5, 0.6) is 0 Å². The number of fused-ring (bicyclic) bond motifs is 1. The number of nitrogens with zero attached hydrogens (tertiary/aromatic N) is 4. The van der Waals surface area contributed by atoms with Gasteiger partial charge in [-0.25, -0.2) is 9.97 Å². The van der Waals surface area contributed by atoms with Crippen molar-refractivity contribution >= 4 is 51.9 Å². The maximum absolute atomic E-state index is 13.3. The molecule has 0 bridgehead atoms. The van der Waals surface area contributed by atoms with Crippen molar-refractivity contribution in [2.45, 2.75) is 0 Å². The fourth-order valence-electron chi connectivity index (χ4n) is 2.65. The molecule has 1 aromatic carbocycles. The number of carbonyl (C=O) groups excluding carboxylic acids is 1. The zero-order valence-corrected chi connectivity index (χ0v) is 15.9. The van der Waals surface area contributed by atoms with Crippen molar-refractivity contribution < 1.29 is 4.79 Å². The molecule has 0 saturated carbocycles. The van der Waals surface area contributed by atoms with Gasteiger partial charge < -0.3 is 4.90 Å². The molecule has 5 nitrogen and oxygen atoms in total. The average molecular weight is 403 g/mol. The molecule has 0 radical (unpaired) electrons. The Hall–Kier alpha value is -2.41. The van der Waals surface area contributed by atoms with Crippen molar-refractivity contribution in [3.63, 3.8) is 0 Å². The van der Waals surface area contributed by atoms with E-state index in [9.17, 15) is 4.79 Å². The van der Waals surface area contributed by atoms with Gasteiger partial charge in [-0.15, -0.1) is 11.3 Å². The summed E-state index contributed by atoms with van der Waals surface area (Å²) < 4.78 is 2.33. The lowest BCUT2D eigenvalue weighted by Gasteiger charge is -2.17. The molecule has 0 N–H and O–H groups in total. The summed E-state index contributed by atoms with van der Waals surface area (Å²) in [5.74, 6) is 0.257. The van der Waals surface area contributed by atoms with Crippen LogP contribution in [0.3, 0.4) is 0 Å². The van der Waals surface area contributed by atoms with Crippen molar-refractivity contribution in [1.29, 1.82) is 0 Å². The van der Waals surface area contributed by atoms with Crippen LogP contribution in [-0.2, 0) is 0 Å². The Morgan fingerprint density at radius 2 is 1.92 bits per heavy atom. The van der Waals surface area contributed by atoms with Gasteiger partial charge in [0.15, 0.2) is 0 Å². The van der Waals surface area contributed by atoms with E-state index in [-0.39, 0.29) is 5.91 Å². The van der Waals surface area contributed by atoms with Crippen LogP contribution in [0.2, 0.25) is 9.36 Å². The highest BCUT2D eigenvalue weighted by molar-refractivity contribution is 7.19. The zero-order chi connectivity index (χ0) is 18.3. The molecule has 0 aliphatic heterocycles. The van der Waals surface area contributed by atoms with E-state index in [4.69, 9.17) is 23.2 Å². The molecule has 0 aliphatic carbocycles. The Morgan fingerprint density at radius 3 is 2.62 bits per heavy atom. The number of imidazole rings is 1. The third-order valence-electron chi connectivity index (χ3n) is 3.93. The van der Waals surface area contributed by atoms with Crippen molar-refractivity contribution in [3.05, 3.63) is 69.9 Å². The molecule has 26 heavy (non-hydrogen) atoms. The van der Waals surface area contributed by atoms with Crippen molar-refractivity contribution in [3.8, 4) is 10.6 Å². The molecular weight excluding hydrogens is 391 g/mol. The zero-order valence-electron chi connectivity index (χ0n) is 13.6. The Kier molecular flexibility index (Phi) is 4.40. The van der Waals surface area contributed by atoms with Crippen LogP contribution in [-0.4, -0.2) is 27.3 Å². The molecule has 3 heterocycles. The van der Waals surface area contributed by atoms with Crippen LogP contribution in [0.1, 0.15) is 10.5 Å². The summed E-state index contributed by atoms with van der Waals surface area (Å²) in [5.41, 5.74) is 1.73. The molecule has 4 aromatic rings. The molecule has 0 atom stereocenters. The monoisotopic (exact) mass is 402 g/mol. The predicted molar refractivity (Wildman–Crippen MR) is 105 cm³/mol. The van der Waals surface area contributed by atoms with Crippen LogP contribution in [0.4, 0.5) is 5.69 Å². The molecule has 0 fully saturated rings. The highest BCUT2D eigenvalue weighted by atomic mass is 35.5. The molecule has 8 heteroatoms. The second-order valence-electron chi connectivity index (χ2n) is 5.54. The summed E-state index contributed by atoms with van der Waals surface area (Å²) in [6.45, 7) is 0. The van der Waals surface area contributed by atoms with Crippen molar-refractivity contribution in [2.24, 2.45) is 0 Å². The van der Waals surface area contributed by atoms with Crippen LogP contribution in [0.25, 0.3) is 16.3 Å². The Bertz CT molecular complexity index is 1100. The van der Waals surface area contributed by atoms with Crippen LogP contribution >= 0.6 is 34.5 Å². The van der Waals surface area contributed by atoms with Crippen molar-refractivity contribution in [1.82, 2.24) is 14.4 Å². The van der Waals surface area contributed by atoms with E-state index in [1.165, 1.54) is 11.3 Å². The highest BCUT2D eigenvalue weighted by Crippen LogP contribution is 2.33. The average Bonchev–Trinajstić information content (AvgIpc) is 3.24. The highest BCUT2D eigenvalue weighted by Gasteiger charge is 2.25. The molecular formula is C18H12Cl2N4OS. The number of anilines is 1. The lowest BCUT2D eigenvalue weighted by Crippen LogP contribution is -2.27. The van der Waals surface area contributed by atoms with E-state index >= 15 is 0 Å². The summed E-state index contributed by atoms with van der Waals surface area (Å²) in [7, 11) is 1.71. The van der Waals surface area contributed by atoms with Gasteiger partial charge in [0.1, 0.15) is 11.4 Å². The molecule has 1 amide bonds. The van der Waals surface area contributed by atoms with Gasteiger partial charge in [-0.05, 0) is 42.5 Å². The van der Waals surface area contributed by atoms with E-state index in [1.807, 2.05) is 6.07 Å². The molecule has 3 aromatic heterocycles. The standard InChI is InChI=1S/C18H12Cl2N4OS/c1-23(12-5-3-11(19)4-6-12)17(25)16-15(13-7-8-14(20)26-13)22-18-21-9-2-10-24(16)18/h2-10H,1H3. The number of rotatable bonds is 3. The minimum absolute atomic E-state index is 0.202.